The summed E-state index contributed by atoms with van der Waals surface area (Å²) in [5, 5.41) is 14.8. The fourth-order valence-corrected chi connectivity index (χ4v) is 24.1. The maximum atomic E-state index is 14.7. The van der Waals surface area contributed by atoms with Gasteiger partial charge >= 0.3 is 5.97 Å². The molecule has 0 aromatic heterocycles. The van der Waals surface area contributed by atoms with Crippen molar-refractivity contribution in [1.29, 1.82) is 0 Å². The number of rotatable bonds is 24. The van der Waals surface area contributed by atoms with Crippen LogP contribution in [0.2, 0.25) is 51.4 Å². The Kier molecular flexibility index (Phi) is 24.6. The Morgan fingerprint density at radius 1 is 0.841 bits per heavy atom. The minimum absolute atomic E-state index is 0.0173. The van der Waals surface area contributed by atoms with Crippen molar-refractivity contribution in [3.63, 3.8) is 0 Å². The van der Waals surface area contributed by atoms with Gasteiger partial charge in [-0.15, -0.1) is 5.92 Å². The highest BCUT2D eigenvalue weighted by molar-refractivity contribution is 6.78. The number of nitrogens with one attached hydrogen (secondary N) is 1. The number of methoxy groups -OCH3 is 1. The Bertz CT molecular complexity index is 1810. The van der Waals surface area contributed by atoms with Crippen molar-refractivity contribution in [3.05, 3.63) is 35.4 Å². The summed E-state index contributed by atoms with van der Waals surface area (Å²) < 4.78 is 34.2. The Balaban J connectivity index is 2.53. The number of allylic oxidation sites excluding steroid dienone is 1. The van der Waals surface area contributed by atoms with Gasteiger partial charge in [-0.3, -0.25) is 4.79 Å². The highest BCUT2D eigenvalue weighted by Gasteiger charge is 2.49. The van der Waals surface area contributed by atoms with Gasteiger partial charge in [-0.2, -0.15) is 0 Å². The van der Waals surface area contributed by atoms with Crippen LogP contribution in [0.3, 0.4) is 0 Å². The van der Waals surface area contributed by atoms with Gasteiger partial charge in [0.2, 0.25) is 22.5 Å². The molecule has 2 N–H and O–H groups in total. The molecular weight excluding hydrogens is 911 g/mol. The second-order valence-corrected chi connectivity index (χ2v) is 39.8. The van der Waals surface area contributed by atoms with Crippen molar-refractivity contribution in [3.8, 4) is 23.3 Å². The monoisotopic (exact) mass is 1010 g/mol. The average Bonchev–Trinajstić information content (AvgIpc) is 3.23. The second kappa shape index (κ2) is 27.0. The number of phenolic OH excluding ortho intramolecular Hbond substituents is 1. The Morgan fingerprint density at radius 2 is 1.38 bits per heavy atom. The van der Waals surface area contributed by atoms with Crippen LogP contribution in [0.1, 0.15) is 187 Å². The van der Waals surface area contributed by atoms with E-state index in [9.17, 15) is 14.7 Å². The summed E-state index contributed by atoms with van der Waals surface area (Å²) in [5.41, 5.74) is 3.22. The number of fused-ring (bicyclic) bond motifs is 1. The number of cyclic esters (lactones) is 1. The fourth-order valence-electron chi connectivity index (χ4n) is 11.3. The molecule has 1 aromatic rings. The fraction of sp³-hybridized carbons (Fsp3) is 0.789. The highest BCUT2D eigenvalue weighted by Crippen LogP contribution is 2.47. The summed E-state index contributed by atoms with van der Waals surface area (Å²) in [4.78, 5) is 28.4. The molecule has 0 unspecified atom stereocenters. The third kappa shape index (κ3) is 15.8. The van der Waals surface area contributed by atoms with Crippen LogP contribution in [0, 0.1) is 35.5 Å². The summed E-state index contributed by atoms with van der Waals surface area (Å²) in [6.45, 7) is 49.9. The molecule has 9 nitrogen and oxygen atoms in total. The standard InChI is InChI=1S/C57H103NO8Si3/c1-24-29-51(64-68(37(2)3,38(4)5)39(6)7)46(17)55(60)58-33-28-27-31-44(15)54(66-67(22,23)57(18,19)20)45(16)50-32-26-25-30-43(14)52(65-69(40(8)9,41(10)11)42(12)13)35-47-34-48(62-21)36-49(59)53(47)56(61)63-50/h27-28,34,36-46,50-52,54,59H,24,29-33,35H2,1-23H3,(H,58,60)/b28-27-/t43-,44+,45+,46+,50-,51-,52+,54+/m0/s1. The van der Waals surface area contributed by atoms with Gasteiger partial charge in [0.25, 0.3) is 0 Å². The van der Waals surface area contributed by atoms with Crippen molar-refractivity contribution < 1.29 is 37.4 Å². The van der Waals surface area contributed by atoms with E-state index in [-0.39, 0.29) is 64.2 Å². The zero-order chi connectivity index (χ0) is 53.0. The van der Waals surface area contributed by atoms with Crippen molar-refractivity contribution in [1.82, 2.24) is 5.32 Å². The van der Waals surface area contributed by atoms with Gasteiger partial charge < -0.3 is 33.2 Å². The number of amides is 1. The predicted molar refractivity (Wildman–Crippen MR) is 297 cm³/mol. The molecule has 2 rings (SSSR count). The molecule has 0 saturated carbocycles. The lowest BCUT2D eigenvalue weighted by atomic mass is 9.86. The smallest absolute Gasteiger partial charge is 0.342 e. The van der Waals surface area contributed by atoms with E-state index in [1.165, 1.54) is 6.07 Å². The van der Waals surface area contributed by atoms with Gasteiger partial charge in [-0.05, 0) is 94.1 Å². The SMILES string of the molecule is CCC[C@H](O[Si](C(C)C)(C(C)C)C(C)C)[C@@H](C)C(=O)NC/C=C\C[C@@H](C)[C@@H](O[Si](C)(C)C(C)(C)C)[C@H](C)[C@@H]1CC#CC[C@H](C)[C@H](O[Si](C(C)C)(C(C)C)C(C)C)Cc2cc(OC)cc(O)c2C(=O)O1. The molecule has 1 aliphatic heterocycles. The number of esters is 1. The van der Waals surface area contributed by atoms with Gasteiger partial charge in [0.15, 0.2) is 8.32 Å². The normalized spacial score (nSPS) is 20.3. The van der Waals surface area contributed by atoms with Crippen LogP contribution in [0.15, 0.2) is 24.3 Å². The van der Waals surface area contributed by atoms with Crippen molar-refractivity contribution in [2.45, 2.75) is 253 Å². The molecule has 0 fully saturated rings. The maximum absolute atomic E-state index is 14.7. The lowest BCUT2D eigenvalue weighted by molar-refractivity contribution is -0.127. The summed E-state index contributed by atoms with van der Waals surface area (Å²) >= 11 is 0. The first-order valence-electron chi connectivity index (χ1n) is 26.9. The number of carbonyl (C=O) groups excluding carboxylic acids is 2. The molecule has 1 amide bonds. The van der Waals surface area contributed by atoms with Crippen LogP contribution in [-0.2, 0) is 29.2 Å². The third-order valence-electron chi connectivity index (χ3n) is 16.4. The van der Waals surface area contributed by atoms with Crippen LogP contribution in [0.4, 0.5) is 0 Å². The molecule has 8 atom stereocenters. The highest BCUT2D eigenvalue weighted by atomic mass is 28.4. The van der Waals surface area contributed by atoms with Crippen LogP contribution in [0.25, 0.3) is 0 Å². The molecular formula is C57H103NO8Si3. The summed E-state index contributed by atoms with van der Waals surface area (Å²) in [5.74, 6) is 6.24. The van der Waals surface area contributed by atoms with E-state index in [2.05, 4.69) is 168 Å². The van der Waals surface area contributed by atoms with E-state index >= 15 is 0 Å². The minimum atomic E-state index is -2.35. The Hall–Kier alpha value is -2.41. The number of hydrogen-bond donors (Lipinski definition) is 2. The number of hydrogen-bond acceptors (Lipinski definition) is 8. The molecule has 1 heterocycles. The zero-order valence-corrected chi connectivity index (χ0v) is 51.1. The zero-order valence-electron chi connectivity index (χ0n) is 48.1. The largest absolute Gasteiger partial charge is 0.507 e. The quantitative estimate of drug-likeness (QED) is 0.0456. The Morgan fingerprint density at radius 3 is 1.87 bits per heavy atom. The van der Waals surface area contributed by atoms with Crippen LogP contribution in [-0.4, -0.2) is 80.0 Å². The number of ether oxygens (including phenoxy) is 2. The average molecular weight is 1010 g/mol. The summed E-state index contributed by atoms with van der Waals surface area (Å²) in [6.07, 6.45) is 6.78. The Labute approximate surface area is 426 Å². The van der Waals surface area contributed by atoms with E-state index in [1.807, 2.05) is 19.1 Å². The molecule has 396 valence electrons. The second-order valence-electron chi connectivity index (χ2n) is 24.2. The number of aromatic hydroxyl groups is 1. The third-order valence-corrected chi connectivity index (χ3v) is 33.1. The lowest BCUT2D eigenvalue weighted by Gasteiger charge is -2.46. The van der Waals surface area contributed by atoms with Gasteiger partial charge in [-0.25, -0.2) is 4.79 Å². The van der Waals surface area contributed by atoms with Crippen molar-refractivity contribution in [2.24, 2.45) is 23.7 Å². The molecule has 0 bridgehead atoms. The first-order valence-corrected chi connectivity index (χ1v) is 34.1. The van der Waals surface area contributed by atoms with Crippen molar-refractivity contribution in [2.75, 3.05) is 13.7 Å². The topological polar surface area (TPSA) is 113 Å². The number of phenols is 1. The molecule has 12 heteroatoms. The van der Waals surface area contributed by atoms with Crippen molar-refractivity contribution >= 4 is 36.8 Å². The maximum Gasteiger partial charge on any atom is 0.342 e. The van der Waals surface area contributed by atoms with Crippen LogP contribution in [0.5, 0.6) is 11.5 Å². The van der Waals surface area contributed by atoms with E-state index in [0.29, 0.717) is 76.8 Å². The molecule has 1 aliphatic rings. The summed E-state index contributed by atoms with van der Waals surface area (Å²) in [7, 11) is -5.29. The predicted octanol–water partition coefficient (Wildman–Crippen LogP) is 15.2. The van der Waals surface area contributed by atoms with Crippen LogP contribution >= 0.6 is 0 Å². The number of carbonyl (C=O) groups is 2. The van der Waals surface area contributed by atoms with Gasteiger partial charge in [0, 0.05) is 31.4 Å². The lowest BCUT2D eigenvalue weighted by Crippen LogP contribution is -2.52. The van der Waals surface area contributed by atoms with E-state index in [0.717, 1.165) is 12.8 Å². The molecule has 0 aliphatic carbocycles. The van der Waals surface area contributed by atoms with E-state index < -0.39 is 37.0 Å². The first-order chi connectivity index (χ1) is 31.9. The van der Waals surface area contributed by atoms with Gasteiger partial charge in [-0.1, -0.05) is 163 Å². The van der Waals surface area contributed by atoms with Gasteiger partial charge in [0.05, 0.1) is 31.3 Å². The number of benzene rings is 1. The van der Waals surface area contributed by atoms with E-state index in [1.54, 1.807) is 7.11 Å². The molecule has 1 aromatic carbocycles. The van der Waals surface area contributed by atoms with Crippen LogP contribution < -0.4 is 10.1 Å². The molecule has 0 spiro atoms. The van der Waals surface area contributed by atoms with E-state index in [4.69, 9.17) is 22.8 Å². The first kappa shape index (κ1) is 62.7. The van der Waals surface area contributed by atoms with Gasteiger partial charge in [0.1, 0.15) is 23.2 Å². The molecule has 69 heavy (non-hydrogen) atoms. The minimum Gasteiger partial charge on any atom is -0.507 e. The molecule has 0 saturated heterocycles. The molecule has 0 radical (unpaired) electrons. The summed E-state index contributed by atoms with van der Waals surface area (Å²) in [6, 6.07) is 3.35.